The first-order valence-electron chi connectivity index (χ1n) is 9.43. The quantitative estimate of drug-likeness (QED) is 0.888. The van der Waals surface area contributed by atoms with Gasteiger partial charge in [-0.15, -0.1) is 0 Å². The van der Waals surface area contributed by atoms with Crippen molar-refractivity contribution < 1.29 is 14.3 Å². The standard InChI is InChI=1S/C20H26N2O4/c1-21-6-8-22(9-7-21)10-11-25-15-3-5-16-17-4-2-14(23)12-19(17)26-20(24)18(16)13-15/h12-13,23H,2-11H2,1H3. The van der Waals surface area contributed by atoms with Gasteiger partial charge >= 0.3 is 5.63 Å². The van der Waals surface area contributed by atoms with Crippen molar-refractivity contribution in [2.75, 3.05) is 46.4 Å². The minimum Gasteiger partial charge on any atom is -0.512 e. The van der Waals surface area contributed by atoms with Crippen molar-refractivity contribution in [3.63, 3.8) is 0 Å². The van der Waals surface area contributed by atoms with E-state index in [1.165, 1.54) is 0 Å². The number of allylic oxidation sites excluding steroid dienone is 2. The maximum absolute atomic E-state index is 12.3. The van der Waals surface area contributed by atoms with Gasteiger partial charge in [0, 0.05) is 51.6 Å². The fourth-order valence-electron chi connectivity index (χ4n) is 3.92. The van der Waals surface area contributed by atoms with E-state index >= 15 is 0 Å². The van der Waals surface area contributed by atoms with E-state index in [2.05, 4.69) is 16.8 Å². The third-order valence-electron chi connectivity index (χ3n) is 5.56. The highest BCUT2D eigenvalue weighted by Crippen LogP contribution is 2.31. The average Bonchev–Trinajstić information content (AvgIpc) is 2.63. The zero-order valence-corrected chi connectivity index (χ0v) is 15.3. The van der Waals surface area contributed by atoms with Crippen LogP contribution in [0.25, 0.3) is 12.2 Å². The fraction of sp³-hybridized carbons (Fsp3) is 0.550. The van der Waals surface area contributed by atoms with Gasteiger partial charge in [-0.2, -0.15) is 0 Å². The summed E-state index contributed by atoms with van der Waals surface area (Å²) in [4.78, 5) is 17.1. The molecule has 6 heteroatoms. The summed E-state index contributed by atoms with van der Waals surface area (Å²) in [5, 5.41) is 9.67. The lowest BCUT2D eigenvalue weighted by Gasteiger charge is -2.32. The van der Waals surface area contributed by atoms with Crippen LogP contribution in [0.4, 0.5) is 0 Å². The van der Waals surface area contributed by atoms with Crippen molar-refractivity contribution in [2.45, 2.75) is 25.7 Å². The first-order valence-corrected chi connectivity index (χ1v) is 9.43. The van der Waals surface area contributed by atoms with Gasteiger partial charge in [-0.3, -0.25) is 4.90 Å². The van der Waals surface area contributed by atoms with Gasteiger partial charge in [0.15, 0.2) is 0 Å². The molecular weight excluding hydrogens is 332 g/mol. The molecule has 140 valence electrons. The van der Waals surface area contributed by atoms with Crippen molar-refractivity contribution in [2.24, 2.45) is 0 Å². The molecule has 6 nitrogen and oxygen atoms in total. The Morgan fingerprint density at radius 1 is 1.08 bits per heavy atom. The highest BCUT2D eigenvalue weighted by atomic mass is 16.5. The smallest absolute Gasteiger partial charge is 0.343 e. The number of hydrogen-bond donors (Lipinski definition) is 1. The Morgan fingerprint density at radius 3 is 2.65 bits per heavy atom. The number of hydrogen-bond acceptors (Lipinski definition) is 6. The van der Waals surface area contributed by atoms with Crippen LogP contribution in [0.2, 0.25) is 0 Å². The second kappa shape index (κ2) is 7.29. The molecule has 0 aromatic carbocycles. The third-order valence-corrected chi connectivity index (χ3v) is 5.56. The molecule has 0 amide bonds. The van der Waals surface area contributed by atoms with Gasteiger partial charge < -0.3 is 19.2 Å². The van der Waals surface area contributed by atoms with Crippen LogP contribution in [0.1, 0.15) is 35.3 Å². The van der Waals surface area contributed by atoms with Crippen LogP contribution in [0.5, 0.6) is 0 Å². The van der Waals surface area contributed by atoms with Crippen molar-refractivity contribution in [1.29, 1.82) is 0 Å². The van der Waals surface area contributed by atoms with Gasteiger partial charge in [-0.05, 0) is 37.1 Å². The number of rotatable bonds is 4. The molecule has 2 aliphatic carbocycles. The molecule has 3 aliphatic rings. The molecule has 1 aliphatic heterocycles. The number of piperazine rings is 1. The zero-order chi connectivity index (χ0) is 18.1. The SMILES string of the molecule is CN1CCN(CCOC2=Cc3c(c4c(oc3=O)C=C(O)CC4)CC2)CC1. The van der Waals surface area contributed by atoms with E-state index in [1.807, 2.05) is 6.08 Å². The Morgan fingerprint density at radius 2 is 1.85 bits per heavy atom. The van der Waals surface area contributed by atoms with Gasteiger partial charge in [0.25, 0.3) is 0 Å². The van der Waals surface area contributed by atoms with Crippen molar-refractivity contribution >= 4 is 12.2 Å². The molecule has 1 aromatic heterocycles. The van der Waals surface area contributed by atoms with Crippen LogP contribution < -0.4 is 5.63 Å². The van der Waals surface area contributed by atoms with Crippen LogP contribution in [0.3, 0.4) is 0 Å². The van der Waals surface area contributed by atoms with E-state index < -0.39 is 0 Å². The lowest BCUT2D eigenvalue weighted by Crippen LogP contribution is -2.45. The second-order valence-electron chi connectivity index (χ2n) is 7.36. The number of likely N-dealkylation sites (N-methyl/N-ethyl adjacent to an activating group) is 1. The monoisotopic (exact) mass is 358 g/mol. The Kier molecular flexibility index (Phi) is 4.87. The predicted molar refractivity (Wildman–Crippen MR) is 100 cm³/mol. The van der Waals surface area contributed by atoms with E-state index in [-0.39, 0.29) is 11.4 Å². The second-order valence-corrected chi connectivity index (χ2v) is 7.36. The summed E-state index contributed by atoms with van der Waals surface area (Å²) in [6.07, 6.45) is 6.35. The summed E-state index contributed by atoms with van der Waals surface area (Å²) < 4.78 is 11.4. The lowest BCUT2D eigenvalue weighted by atomic mass is 9.88. The minimum atomic E-state index is -0.343. The summed E-state index contributed by atoms with van der Waals surface area (Å²) >= 11 is 0. The summed E-state index contributed by atoms with van der Waals surface area (Å²) in [5.74, 6) is 1.67. The maximum Gasteiger partial charge on any atom is 0.343 e. The van der Waals surface area contributed by atoms with Crippen LogP contribution in [0, 0.1) is 0 Å². The largest absolute Gasteiger partial charge is 0.512 e. The Labute approximate surface area is 153 Å². The summed E-state index contributed by atoms with van der Waals surface area (Å²) in [5.41, 5.74) is 2.40. The highest BCUT2D eigenvalue weighted by Gasteiger charge is 2.24. The molecule has 1 saturated heterocycles. The van der Waals surface area contributed by atoms with Crippen LogP contribution >= 0.6 is 0 Å². The number of aliphatic hydroxyl groups is 1. The van der Waals surface area contributed by atoms with Gasteiger partial charge in [-0.25, -0.2) is 4.79 Å². The molecule has 0 atom stereocenters. The molecule has 1 fully saturated rings. The number of fused-ring (bicyclic) bond motifs is 3. The molecule has 4 rings (SSSR count). The Bertz CT molecular complexity index is 801. The average molecular weight is 358 g/mol. The molecule has 0 radical (unpaired) electrons. The molecule has 0 spiro atoms. The third kappa shape index (κ3) is 3.57. The van der Waals surface area contributed by atoms with Crippen molar-refractivity contribution in [3.8, 4) is 0 Å². The molecule has 26 heavy (non-hydrogen) atoms. The van der Waals surface area contributed by atoms with Crippen LogP contribution in [0.15, 0.2) is 20.7 Å². The molecule has 0 bridgehead atoms. The van der Waals surface area contributed by atoms with Gasteiger partial charge in [0.1, 0.15) is 12.4 Å². The van der Waals surface area contributed by atoms with E-state index in [4.69, 9.17) is 9.15 Å². The fourth-order valence-corrected chi connectivity index (χ4v) is 3.92. The van der Waals surface area contributed by atoms with E-state index in [9.17, 15) is 9.90 Å². The van der Waals surface area contributed by atoms with Gasteiger partial charge in [0.05, 0.1) is 17.1 Å². The molecule has 0 unspecified atom stereocenters. The van der Waals surface area contributed by atoms with Gasteiger partial charge in [-0.1, -0.05) is 0 Å². The number of nitrogens with zero attached hydrogens (tertiary/aromatic N) is 2. The number of aliphatic hydroxyl groups excluding tert-OH is 1. The van der Waals surface area contributed by atoms with Crippen LogP contribution in [-0.2, 0) is 17.6 Å². The molecule has 1 N–H and O–H groups in total. The Balaban J connectivity index is 1.44. The van der Waals surface area contributed by atoms with Crippen molar-refractivity contribution in [1.82, 2.24) is 9.80 Å². The van der Waals surface area contributed by atoms with E-state index in [1.54, 1.807) is 6.08 Å². The number of ether oxygens (including phenoxy) is 1. The Hall–Kier alpha value is -2.05. The lowest BCUT2D eigenvalue weighted by molar-refractivity contribution is 0.111. The summed E-state index contributed by atoms with van der Waals surface area (Å²) in [6, 6.07) is 0. The topological polar surface area (TPSA) is 66.2 Å². The van der Waals surface area contributed by atoms with Gasteiger partial charge in [0.2, 0.25) is 0 Å². The highest BCUT2D eigenvalue weighted by molar-refractivity contribution is 5.63. The zero-order valence-electron chi connectivity index (χ0n) is 15.3. The normalized spacial score (nSPS) is 20.8. The molecule has 1 aromatic rings. The van der Waals surface area contributed by atoms with E-state index in [0.29, 0.717) is 24.4 Å². The summed E-state index contributed by atoms with van der Waals surface area (Å²) in [6.45, 7) is 5.94. The molecule has 0 saturated carbocycles. The predicted octanol–water partition coefficient (Wildman–Crippen LogP) is 2.04. The minimum absolute atomic E-state index is 0.278. The van der Waals surface area contributed by atoms with Crippen molar-refractivity contribution in [3.05, 3.63) is 44.4 Å². The molecular formula is C20H26N2O4. The first kappa shape index (κ1) is 17.4. The summed E-state index contributed by atoms with van der Waals surface area (Å²) in [7, 11) is 2.15. The molecule has 2 heterocycles. The first-order chi connectivity index (χ1) is 12.6. The van der Waals surface area contributed by atoms with E-state index in [0.717, 1.165) is 68.9 Å². The maximum atomic E-state index is 12.3. The van der Waals surface area contributed by atoms with Crippen LogP contribution in [-0.4, -0.2) is 61.3 Å².